The van der Waals surface area contributed by atoms with Crippen LogP contribution in [0.2, 0.25) is 0 Å². The van der Waals surface area contributed by atoms with Gasteiger partial charge in [-0.2, -0.15) is 5.10 Å². The second kappa shape index (κ2) is 4.88. The summed E-state index contributed by atoms with van der Waals surface area (Å²) in [5.41, 5.74) is 3.86. The van der Waals surface area contributed by atoms with Crippen LogP contribution in [0.15, 0.2) is 41.5 Å². The minimum absolute atomic E-state index is 0.0354. The molecule has 2 aliphatic rings. The fraction of sp³-hybridized carbons (Fsp3) is 0.286. The van der Waals surface area contributed by atoms with Gasteiger partial charge in [0, 0.05) is 29.3 Å². The smallest absolute Gasteiger partial charge is 0.267 e. The van der Waals surface area contributed by atoms with Gasteiger partial charge in [-0.1, -0.05) is 12.2 Å². The number of allylic oxidation sites excluding steroid dienone is 2. The first kappa shape index (κ1) is 12.5. The number of carbonyl (C=O) groups is 1. The molecule has 1 aromatic rings. The fourth-order valence-electron chi connectivity index (χ4n) is 2.58. The highest BCUT2D eigenvalue weighted by Gasteiger charge is 2.37. The van der Waals surface area contributed by atoms with Gasteiger partial charge in [0.1, 0.15) is 0 Å². The number of hydrogen-bond acceptors (Lipinski definition) is 4. The Morgan fingerprint density at radius 1 is 1.35 bits per heavy atom. The highest BCUT2D eigenvalue weighted by atomic mass is 16.6. The second-order valence-corrected chi connectivity index (χ2v) is 4.99. The van der Waals surface area contributed by atoms with Crippen LogP contribution in [-0.2, 0) is 0 Å². The molecule has 0 bridgehead atoms. The van der Waals surface area contributed by atoms with Crippen LogP contribution in [0.4, 0.5) is 5.69 Å². The fourth-order valence-corrected chi connectivity index (χ4v) is 2.58. The molecule has 2 aliphatic carbocycles. The number of rotatable bonds is 3. The molecule has 0 saturated heterocycles. The number of nitrogens with zero attached hydrogens (tertiary/aromatic N) is 2. The highest BCUT2D eigenvalue weighted by molar-refractivity contribution is 5.98. The zero-order valence-corrected chi connectivity index (χ0v) is 10.7. The Morgan fingerprint density at radius 2 is 2.10 bits per heavy atom. The molecule has 1 N–H and O–H groups in total. The lowest BCUT2D eigenvalue weighted by atomic mass is 9.74. The van der Waals surface area contributed by atoms with E-state index in [-0.39, 0.29) is 11.6 Å². The Morgan fingerprint density at radius 3 is 2.75 bits per heavy atom. The average molecular weight is 271 g/mol. The van der Waals surface area contributed by atoms with Gasteiger partial charge in [0.05, 0.1) is 4.92 Å². The first-order valence-electron chi connectivity index (χ1n) is 6.43. The van der Waals surface area contributed by atoms with E-state index in [2.05, 4.69) is 22.7 Å². The molecule has 0 unspecified atom stereocenters. The maximum atomic E-state index is 11.9. The van der Waals surface area contributed by atoms with E-state index in [1.54, 1.807) is 0 Å². The lowest BCUT2D eigenvalue weighted by Gasteiger charge is -2.31. The van der Waals surface area contributed by atoms with Gasteiger partial charge in [-0.05, 0) is 30.9 Å². The third kappa shape index (κ3) is 2.20. The summed E-state index contributed by atoms with van der Waals surface area (Å²) in [6, 6.07) is 5.47. The molecule has 1 amide bonds. The van der Waals surface area contributed by atoms with E-state index in [0.29, 0.717) is 17.4 Å². The summed E-state index contributed by atoms with van der Waals surface area (Å²) in [7, 11) is 0. The number of non-ortho nitro benzene ring substituents is 1. The van der Waals surface area contributed by atoms with Crippen molar-refractivity contribution in [1.82, 2.24) is 5.43 Å². The summed E-state index contributed by atoms with van der Waals surface area (Å²) in [5.74, 6) is 0.694. The van der Waals surface area contributed by atoms with Crippen molar-refractivity contribution in [2.24, 2.45) is 16.9 Å². The highest BCUT2D eigenvalue weighted by Crippen LogP contribution is 2.40. The number of benzene rings is 1. The topological polar surface area (TPSA) is 84.6 Å². The molecular formula is C14H13N3O3. The van der Waals surface area contributed by atoms with Crippen LogP contribution in [0.25, 0.3) is 0 Å². The summed E-state index contributed by atoms with van der Waals surface area (Å²) in [6.45, 7) is 0. The maximum Gasteiger partial charge on any atom is 0.271 e. The van der Waals surface area contributed by atoms with Crippen molar-refractivity contribution in [3.8, 4) is 0 Å². The predicted octanol–water partition coefficient (Wildman–Crippen LogP) is 2.28. The molecular weight excluding hydrogens is 258 g/mol. The Kier molecular flexibility index (Phi) is 3.06. The van der Waals surface area contributed by atoms with Crippen molar-refractivity contribution < 1.29 is 9.72 Å². The lowest BCUT2D eigenvalue weighted by molar-refractivity contribution is -0.384. The van der Waals surface area contributed by atoms with Crippen LogP contribution < -0.4 is 5.43 Å². The monoisotopic (exact) mass is 271 g/mol. The Labute approximate surface area is 115 Å². The Hall–Kier alpha value is -2.50. The van der Waals surface area contributed by atoms with Crippen LogP contribution in [0.3, 0.4) is 0 Å². The van der Waals surface area contributed by atoms with Crippen molar-refractivity contribution in [2.45, 2.75) is 12.8 Å². The standard InChI is InChI=1S/C14H13N3O3/c18-14(9-4-6-11(7-5-9)17(19)20)16-15-13-8-10-2-1-3-12(10)13/h1-2,4-7,10,12H,3,8H2,(H,16,18)/b15-13+/t10-,12-/m1/s1. The van der Waals surface area contributed by atoms with Crippen LogP contribution in [0, 0.1) is 22.0 Å². The molecule has 1 saturated carbocycles. The first-order chi connectivity index (χ1) is 9.65. The average Bonchev–Trinajstić information content (AvgIpc) is 2.80. The molecule has 0 heterocycles. The summed E-state index contributed by atoms with van der Waals surface area (Å²) in [6.07, 6.45) is 6.25. The van der Waals surface area contributed by atoms with Crippen molar-refractivity contribution in [1.29, 1.82) is 0 Å². The summed E-state index contributed by atoms with van der Waals surface area (Å²) < 4.78 is 0. The first-order valence-corrected chi connectivity index (χ1v) is 6.43. The number of carbonyl (C=O) groups excluding carboxylic acids is 1. The number of fused-ring (bicyclic) bond motifs is 1. The largest absolute Gasteiger partial charge is 0.271 e. The van der Waals surface area contributed by atoms with Gasteiger partial charge < -0.3 is 0 Å². The number of hydrogen-bond donors (Lipinski definition) is 1. The van der Waals surface area contributed by atoms with Crippen LogP contribution in [0.1, 0.15) is 23.2 Å². The summed E-state index contributed by atoms with van der Waals surface area (Å²) in [4.78, 5) is 21.9. The van der Waals surface area contributed by atoms with Crippen LogP contribution >= 0.6 is 0 Å². The normalized spacial score (nSPS) is 25.1. The number of nitro benzene ring substituents is 1. The number of nitro groups is 1. The van der Waals surface area contributed by atoms with Gasteiger partial charge in [-0.25, -0.2) is 5.43 Å². The van der Waals surface area contributed by atoms with Gasteiger partial charge in [-0.3, -0.25) is 14.9 Å². The van der Waals surface area contributed by atoms with Gasteiger partial charge in [0.2, 0.25) is 0 Å². The molecule has 6 heteroatoms. The second-order valence-electron chi connectivity index (χ2n) is 4.99. The molecule has 1 fully saturated rings. The Balaban J connectivity index is 1.62. The Bertz CT molecular complexity index is 619. The minimum Gasteiger partial charge on any atom is -0.267 e. The van der Waals surface area contributed by atoms with E-state index in [1.807, 2.05) is 0 Å². The minimum atomic E-state index is -0.497. The number of nitrogens with one attached hydrogen (secondary N) is 1. The van der Waals surface area contributed by atoms with Crippen molar-refractivity contribution >= 4 is 17.3 Å². The molecule has 102 valence electrons. The van der Waals surface area contributed by atoms with Crippen molar-refractivity contribution in [2.75, 3.05) is 0 Å². The van der Waals surface area contributed by atoms with E-state index in [9.17, 15) is 14.9 Å². The predicted molar refractivity (Wildman–Crippen MR) is 73.4 cm³/mol. The summed E-state index contributed by atoms with van der Waals surface area (Å²) >= 11 is 0. The molecule has 0 aliphatic heterocycles. The molecule has 0 spiro atoms. The van der Waals surface area contributed by atoms with Crippen molar-refractivity contribution in [3.63, 3.8) is 0 Å². The number of hydrazone groups is 1. The van der Waals surface area contributed by atoms with E-state index in [0.717, 1.165) is 18.6 Å². The molecule has 1 aromatic carbocycles. The quantitative estimate of drug-likeness (QED) is 0.520. The zero-order valence-electron chi connectivity index (χ0n) is 10.7. The SMILES string of the molecule is O=C(N/N=C1\C[C@H]2C=CC[C@@H]12)c1ccc([N+](=O)[O-])cc1. The van der Waals surface area contributed by atoms with E-state index >= 15 is 0 Å². The van der Waals surface area contributed by atoms with E-state index in [4.69, 9.17) is 0 Å². The molecule has 0 radical (unpaired) electrons. The molecule has 3 rings (SSSR count). The van der Waals surface area contributed by atoms with E-state index in [1.165, 1.54) is 24.3 Å². The maximum absolute atomic E-state index is 11.9. The van der Waals surface area contributed by atoms with Crippen LogP contribution in [0.5, 0.6) is 0 Å². The molecule has 0 aromatic heterocycles. The van der Waals surface area contributed by atoms with Gasteiger partial charge >= 0.3 is 0 Å². The van der Waals surface area contributed by atoms with Gasteiger partial charge in [0.25, 0.3) is 11.6 Å². The van der Waals surface area contributed by atoms with Crippen LogP contribution in [-0.4, -0.2) is 16.5 Å². The van der Waals surface area contributed by atoms with E-state index < -0.39 is 4.92 Å². The number of amides is 1. The lowest BCUT2D eigenvalue weighted by Crippen LogP contribution is -2.35. The molecule has 6 nitrogen and oxygen atoms in total. The van der Waals surface area contributed by atoms with Crippen molar-refractivity contribution in [3.05, 3.63) is 52.1 Å². The summed E-state index contributed by atoms with van der Waals surface area (Å²) in [5, 5.41) is 14.7. The third-order valence-electron chi connectivity index (χ3n) is 3.80. The molecule has 20 heavy (non-hydrogen) atoms. The third-order valence-corrected chi connectivity index (χ3v) is 3.80. The zero-order chi connectivity index (χ0) is 14.1. The molecule has 2 atom stereocenters. The van der Waals surface area contributed by atoms with Gasteiger partial charge in [-0.15, -0.1) is 0 Å². The van der Waals surface area contributed by atoms with Gasteiger partial charge in [0.15, 0.2) is 0 Å².